The van der Waals surface area contributed by atoms with Crippen LogP contribution in [0, 0.1) is 5.41 Å². The molecule has 1 rings (SSSR count). The summed E-state index contributed by atoms with van der Waals surface area (Å²) >= 11 is 0. The fourth-order valence-electron chi connectivity index (χ4n) is 2.37. The zero-order valence-electron chi connectivity index (χ0n) is 11.9. The number of sulfone groups is 1. The Labute approximate surface area is 116 Å². The van der Waals surface area contributed by atoms with Gasteiger partial charge >= 0.3 is 0 Å². The molecule has 6 heteroatoms. The molecule has 3 N–H and O–H groups in total. The number of rotatable bonds is 7. The zero-order valence-corrected chi connectivity index (χ0v) is 12.8. The largest absolute Gasteiger partial charge is 0.355 e. The molecule has 1 fully saturated rings. The molecule has 1 unspecified atom stereocenters. The Bertz CT molecular complexity index is 404. The molecule has 1 aliphatic heterocycles. The summed E-state index contributed by atoms with van der Waals surface area (Å²) in [5, 5.41) is 2.36. The van der Waals surface area contributed by atoms with E-state index >= 15 is 0 Å². The van der Waals surface area contributed by atoms with Crippen LogP contribution in [0.2, 0.25) is 0 Å². The lowest BCUT2D eigenvalue weighted by atomic mass is 9.84. The maximum Gasteiger partial charge on any atom is 0.220 e. The fraction of sp³-hybridized carbons (Fsp3) is 0.923. The van der Waals surface area contributed by atoms with Gasteiger partial charge in [-0.1, -0.05) is 13.8 Å². The van der Waals surface area contributed by atoms with Crippen LogP contribution in [0.5, 0.6) is 0 Å². The van der Waals surface area contributed by atoms with Crippen LogP contribution in [0.25, 0.3) is 0 Å². The van der Waals surface area contributed by atoms with Crippen LogP contribution in [0.3, 0.4) is 0 Å². The number of hydrogen-bond donors (Lipinski definition) is 2. The molecule has 0 aromatic heterocycles. The van der Waals surface area contributed by atoms with E-state index in [0.29, 0.717) is 25.8 Å². The Kier molecular flexibility index (Phi) is 5.80. The monoisotopic (exact) mass is 290 g/mol. The molecule has 1 aliphatic rings. The molecule has 1 atom stereocenters. The Balaban J connectivity index is 2.29. The average molecular weight is 290 g/mol. The quantitative estimate of drug-likeness (QED) is 0.727. The summed E-state index contributed by atoms with van der Waals surface area (Å²) in [6.07, 6.45) is 3.47. The van der Waals surface area contributed by atoms with Crippen molar-refractivity contribution in [1.29, 1.82) is 0 Å². The van der Waals surface area contributed by atoms with Crippen molar-refractivity contribution in [2.45, 2.75) is 51.2 Å². The van der Waals surface area contributed by atoms with E-state index in [1.54, 1.807) is 0 Å². The minimum absolute atomic E-state index is 0.0610. The summed E-state index contributed by atoms with van der Waals surface area (Å²) in [5.41, 5.74) is 5.59. The van der Waals surface area contributed by atoms with Crippen molar-refractivity contribution in [1.82, 2.24) is 5.32 Å². The van der Waals surface area contributed by atoms with Crippen LogP contribution < -0.4 is 11.1 Å². The molecule has 1 amide bonds. The summed E-state index contributed by atoms with van der Waals surface area (Å²) in [7, 11) is -2.97. The van der Waals surface area contributed by atoms with Crippen LogP contribution in [0.15, 0.2) is 0 Å². The molecular formula is C13H26N2O3S. The van der Waals surface area contributed by atoms with E-state index in [-0.39, 0.29) is 28.9 Å². The smallest absolute Gasteiger partial charge is 0.220 e. The van der Waals surface area contributed by atoms with Crippen molar-refractivity contribution in [3.63, 3.8) is 0 Å². The first-order chi connectivity index (χ1) is 8.77. The van der Waals surface area contributed by atoms with Crippen molar-refractivity contribution in [2.24, 2.45) is 11.1 Å². The summed E-state index contributed by atoms with van der Waals surface area (Å²) in [6.45, 7) is 5.07. The second-order valence-electron chi connectivity index (χ2n) is 6.14. The molecule has 0 saturated carbocycles. The van der Waals surface area contributed by atoms with Gasteiger partial charge in [-0.2, -0.15) is 0 Å². The number of nitrogens with one attached hydrogen (secondary N) is 1. The molecule has 0 radical (unpaired) electrons. The topological polar surface area (TPSA) is 89.3 Å². The van der Waals surface area contributed by atoms with Crippen LogP contribution >= 0.6 is 0 Å². The Hall–Kier alpha value is -0.620. The Morgan fingerprint density at radius 3 is 2.58 bits per heavy atom. The van der Waals surface area contributed by atoms with Gasteiger partial charge < -0.3 is 11.1 Å². The van der Waals surface area contributed by atoms with Crippen molar-refractivity contribution in [3.8, 4) is 0 Å². The molecule has 1 saturated heterocycles. The van der Waals surface area contributed by atoms with Gasteiger partial charge in [-0.3, -0.25) is 4.79 Å². The molecule has 0 spiro atoms. The van der Waals surface area contributed by atoms with E-state index in [1.807, 2.05) is 0 Å². The standard InChI is InChI=1S/C13H26N2O3S/c1-13(2,7-8-14)6-5-12(16)15-10-11-4-3-9-19(11,17)18/h11H,3-10,14H2,1-2H3,(H,15,16). The van der Waals surface area contributed by atoms with Gasteiger partial charge in [0.1, 0.15) is 0 Å². The molecule has 1 heterocycles. The van der Waals surface area contributed by atoms with Crippen molar-refractivity contribution >= 4 is 15.7 Å². The lowest BCUT2D eigenvalue weighted by Gasteiger charge is -2.23. The molecule has 112 valence electrons. The van der Waals surface area contributed by atoms with Crippen molar-refractivity contribution in [3.05, 3.63) is 0 Å². The number of nitrogens with two attached hydrogens (primary N) is 1. The van der Waals surface area contributed by atoms with E-state index < -0.39 is 9.84 Å². The zero-order chi connectivity index (χ0) is 14.5. The third-order valence-corrected chi connectivity index (χ3v) is 6.12. The van der Waals surface area contributed by atoms with E-state index in [2.05, 4.69) is 19.2 Å². The van der Waals surface area contributed by atoms with Crippen LogP contribution in [-0.4, -0.2) is 38.4 Å². The summed E-state index contributed by atoms with van der Waals surface area (Å²) < 4.78 is 23.2. The molecule has 5 nitrogen and oxygen atoms in total. The number of carbonyl (C=O) groups excluding carboxylic acids is 1. The second kappa shape index (κ2) is 6.70. The Morgan fingerprint density at radius 1 is 1.37 bits per heavy atom. The minimum Gasteiger partial charge on any atom is -0.355 e. The van der Waals surface area contributed by atoms with E-state index in [4.69, 9.17) is 5.73 Å². The molecule has 0 aliphatic carbocycles. The van der Waals surface area contributed by atoms with Crippen LogP contribution in [0.1, 0.15) is 46.0 Å². The first-order valence-electron chi connectivity index (χ1n) is 6.95. The van der Waals surface area contributed by atoms with E-state index in [1.165, 1.54) is 0 Å². The molecule has 19 heavy (non-hydrogen) atoms. The third-order valence-electron chi connectivity index (χ3n) is 3.84. The highest BCUT2D eigenvalue weighted by Crippen LogP contribution is 2.25. The van der Waals surface area contributed by atoms with Crippen molar-refractivity contribution in [2.75, 3.05) is 18.8 Å². The number of hydrogen-bond acceptors (Lipinski definition) is 4. The van der Waals surface area contributed by atoms with Crippen molar-refractivity contribution < 1.29 is 13.2 Å². The first-order valence-corrected chi connectivity index (χ1v) is 8.67. The van der Waals surface area contributed by atoms with E-state index in [0.717, 1.165) is 12.8 Å². The Morgan fingerprint density at radius 2 is 2.05 bits per heavy atom. The summed E-state index contributed by atoms with van der Waals surface area (Å²) in [4.78, 5) is 11.7. The fourth-order valence-corrected chi connectivity index (χ4v) is 4.14. The third kappa shape index (κ3) is 5.48. The highest BCUT2D eigenvalue weighted by molar-refractivity contribution is 7.92. The second-order valence-corrected chi connectivity index (χ2v) is 8.54. The lowest BCUT2D eigenvalue weighted by molar-refractivity contribution is -0.121. The normalized spacial score (nSPS) is 22.4. The van der Waals surface area contributed by atoms with Gasteiger partial charge in [-0.05, 0) is 37.6 Å². The summed E-state index contributed by atoms with van der Waals surface area (Å²) in [5.74, 6) is 0.198. The van der Waals surface area contributed by atoms with Gasteiger partial charge in [0.2, 0.25) is 5.91 Å². The predicted molar refractivity (Wildman–Crippen MR) is 76.5 cm³/mol. The minimum atomic E-state index is -2.97. The van der Waals surface area contributed by atoms with Gasteiger partial charge in [0, 0.05) is 13.0 Å². The average Bonchev–Trinajstić information content (AvgIpc) is 2.63. The first kappa shape index (κ1) is 16.4. The van der Waals surface area contributed by atoms with Gasteiger partial charge in [-0.15, -0.1) is 0 Å². The maximum absolute atomic E-state index is 11.7. The molecule has 0 aromatic rings. The van der Waals surface area contributed by atoms with Gasteiger partial charge in [0.15, 0.2) is 9.84 Å². The molecule has 0 aromatic carbocycles. The number of carbonyl (C=O) groups is 1. The van der Waals surface area contributed by atoms with Crippen LogP contribution in [0.4, 0.5) is 0 Å². The van der Waals surface area contributed by atoms with Gasteiger partial charge in [0.05, 0.1) is 11.0 Å². The summed E-state index contributed by atoms with van der Waals surface area (Å²) in [6, 6.07) is 0. The lowest BCUT2D eigenvalue weighted by Crippen LogP contribution is -2.35. The molecular weight excluding hydrogens is 264 g/mol. The van der Waals surface area contributed by atoms with E-state index in [9.17, 15) is 13.2 Å². The SMILES string of the molecule is CC(C)(CCN)CCC(=O)NCC1CCCS1(=O)=O. The predicted octanol–water partition coefficient (Wildman–Crippen LogP) is 0.835. The van der Waals surface area contributed by atoms with Gasteiger partial charge in [-0.25, -0.2) is 8.42 Å². The van der Waals surface area contributed by atoms with Gasteiger partial charge in [0.25, 0.3) is 0 Å². The molecule has 0 bridgehead atoms. The van der Waals surface area contributed by atoms with Crippen LogP contribution in [-0.2, 0) is 14.6 Å². The maximum atomic E-state index is 11.7. The highest BCUT2D eigenvalue weighted by atomic mass is 32.2. The highest BCUT2D eigenvalue weighted by Gasteiger charge is 2.31. The number of amides is 1.